The largest absolute Gasteiger partial charge is 0.328 e. The third kappa shape index (κ3) is 2.91. The van der Waals surface area contributed by atoms with Crippen molar-refractivity contribution in [2.24, 2.45) is 17.6 Å². The molecule has 3 fully saturated rings. The zero-order valence-corrected chi connectivity index (χ0v) is 11.8. The standard InChI is InChI=1S/C16H30N2/c17-15-8-3-5-13(11-15)12-18-10-4-7-14-6-1-2-9-16(14)18/h13-16H,1-12,17H2. The Kier molecular flexibility index (Phi) is 4.25. The van der Waals surface area contributed by atoms with Gasteiger partial charge in [0, 0.05) is 18.6 Å². The summed E-state index contributed by atoms with van der Waals surface area (Å²) in [5.41, 5.74) is 6.14. The average Bonchev–Trinajstić information content (AvgIpc) is 2.39. The van der Waals surface area contributed by atoms with Crippen molar-refractivity contribution in [2.75, 3.05) is 13.1 Å². The topological polar surface area (TPSA) is 29.3 Å². The lowest BCUT2D eigenvalue weighted by Crippen LogP contribution is -2.49. The average molecular weight is 250 g/mol. The molecule has 0 aromatic rings. The molecule has 1 aliphatic heterocycles. The van der Waals surface area contributed by atoms with Crippen LogP contribution in [0.5, 0.6) is 0 Å². The van der Waals surface area contributed by atoms with Gasteiger partial charge >= 0.3 is 0 Å². The fourth-order valence-electron chi connectivity index (χ4n) is 4.78. The molecule has 0 aromatic carbocycles. The van der Waals surface area contributed by atoms with E-state index in [2.05, 4.69) is 4.90 Å². The lowest BCUT2D eigenvalue weighted by molar-refractivity contribution is 0.0417. The maximum atomic E-state index is 6.14. The Hall–Kier alpha value is -0.0800. The Bertz CT molecular complexity index is 264. The van der Waals surface area contributed by atoms with Gasteiger partial charge in [-0.2, -0.15) is 0 Å². The van der Waals surface area contributed by atoms with E-state index in [0.717, 1.165) is 17.9 Å². The van der Waals surface area contributed by atoms with Crippen LogP contribution < -0.4 is 5.73 Å². The first-order valence-corrected chi connectivity index (χ1v) is 8.32. The van der Waals surface area contributed by atoms with Crippen LogP contribution in [0.2, 0.25) is 0 Å². The summed E-state index contributed by atoms with van der Waals surface area (Å²) in [7, 11) is 0. The van der Waals surface area contributed by atoms with Gasteiger partial charge in [0.1, 0.15) is 0 Å². The van der Waals surface area contributed by atoms with E-state index in [1.165, 1.54) is 77.3 Å². The maximum absolute atomic E-state index is 6.14. The number of hydrogen-bond donors (Lipinski definition) is 1. The normalized spacial score (nSPS) is 42.5. The lowest BCUT2D eigenvalue weighted by Gasteiger charge is -2.46. The number of rotatable bonds is 2. The highest BCUT2D eigenvalue weighted by Gasteiger charge is 2.34. The summed E-state index contributed by atoms with van der Waals surface area (Å²) in [6, 6.07) is 1.43. The molecular weight excluding hydrogens is 220 g/mol. The van der Waals surface area contributed by atoms with E-state index in [1.807, 2.05) is 0 Å². The minimum absolute atomic E-state index is 0.496. The van der Waals surface area contributed by atoms with Gasteiger partial charge in [0.2, 0.25) is 0 Å². The number of fused-ring (bicyclic) bond motifs is 1. The fourth-order valence-corrected chi connectivity index (χ4v) is 4.78. The molecule has 2 nitrogen and oxygen atoms in total. The molecule has 18 heavy (non-hydrogen) atoms. The Morgan fingerprint density at radius 1 is 0.889 bits per heavy atom. The Morgan fingerprint density at radius 3 is 2.61 bits per heavy atom. The molecule has 2 heteroatoms. The molecule has 104 valence electrons. The van der Waals surface area contributed by atoms with Gasteiger partial charge in [-0.15, -0.1) is 0 Å². The molecule has 0 spiro atoms. The molecule has 3 aliphatic rings. The van der Waals surface area contributed by atoms with Crippen LogP contribution in [0.4, 0.5) is 0 Å². The third-order valence-electron chi connectivity index (χ3n) is 5.67. The smallest absolute Gasteiger partial charge is 0.0124 e. The molecule has 4 atom stereocenters. The highest BCUT2D eigenvalue weighted by molar-refractivity contribution is 4.89. The minimum Gasteiger partial charge on any atom is -0.328 e. The summed E-state index contributed by atoms with van der Waals surface area (Å²) < 4.78 is 0. The van der Waals surface area contributed by atoms with Crippen LogP contribution >= 0.6 is 0 Å². The van der Waals surface area contributed by atoms with Gasteiger partial charge in [-0.05, 0) is 63.3 Å². The van der Waals surface area contributed by atoms with Crippen LogP contribution in [0.25, 0.3) is 0 Å². The second-order valence-corrected chi connectivity index (χ2v) is 7.04. The zero-order chi connectivity index (χ0) is 12.4. The molecule has 2 aliphatic carbocycles. The highest BCUT2D eigenvalue weighted by Crippen LogP contribution is 2.36. The molecule has 4 unspecified atom stereocenters. The van der Waals surface area contributed by atoms with Crippen LogP contribution in [0.3, 0.4) is 0 Å². The van der Waals surface area contributed by atoms with Crippen LogP contribution in [-0.2, 0) is 0 Å². The third-order valence-corrected chi connectivity index (χ3v) is 5.67. The maximum Gasteiger partial charge on any atom is 0.0124 e. The van der Waals surface area contributed by atoms with E-state index in [1.54, 1.807) is 0 Å². The number of piperidine rings is 1. The van der Waals surface area contributed by atoms with Crippen molar-refractivity contribution in [2.45, 2.75) is 76.3 Å². The first-order chi connectivity index (χ1) is 8.83. The molecule has 0 amide bonds. The van der Waals surface area contributed by atoms with Gasteiger partial charge in [-0.1, -0.05) is 19.3 Å². The van der Waals surface area contributed by atoms with Crippen LogP contribution in [0.1, 0.15) is 64.2 Å². The first-order valence-electron chi connectivity index (χ1n) is 8.32. The van der Waals surface area contributed by atoms with Crippen LogP contribution in [0, 0.1) is 11.8 Å². The Balaban J connectivity index is 1.57. The second-order valence-electron chi connectivity index (χ2n) is 7.04. The summed E-state index contributed by atoms with van der Waals surface area (Å²) in [5.74, 6) is 1.93. The number of likely N-dealkylation sites (tertiary alicyclic amines) is 1. The van der Waals surface area contributed by atoms with E-state index in [0.29, 0.717) is 6.04 Å². The van der Waals surface area contributed by atoms with Crippen LogP contribution in [-0.4, -0.2) is 30.1 Å². The van der Waals surface area contributed by atoms with Crippen molar-refractivity contribution in [3.05, 3.63) is 0 Å². The van der Waals surface area contributed by atoms with Crippen molar-refractivity contribution >= 4 is 0 Å². The van der Waals surface area contributed by atoms with Crippen molar-refractivity contribution in [1.29, 1.82) is 0 Å². The highest BCUT2D eigenvalue weighted by atomic mass is 15.2. The number of nitrogens with zero attached hydrogens (tertiary/aromatic N) is 1. The molecular formula is C16H30N2. The Labute approximate surface area is 112 Å². The van der Waals surface area contributed by atoms with Gasteiger partial charge in [-0.3, -0.25) is 4.90 Å². The van der Waals surface area contributed by atoms with Crippen molar-refractivity contribution < 1.29 is 0 Å². The molecule has 1 heterocycles. The molecule has 1 saturated heterocycles. The molecule has 0 bridgehead atoms. The molecule has 0 radical (unpaired) electrons. The van der Waals surface area contributed by atoms with Crippen molar-refractivity contribution in [3.63, 3.8) is 0 Å². The van der Waals surface area contributed by atoms with E-state index in [9.17, 15) is 0 Å². The predicted molar refractivity (Wildman–Crippen MR) is 76.5 cm³/mol. The summed E-state index contributed by atoms with van der Waals surface area (Å²) in [6.45, 7) is 2.72. The van der Waals surface area contributed by atoms with Gasteiger partial charge in [0.05, 0.1) is 0 Å². The molecule has 0 aromatic heterocycles. The zero-order valence-electron chi connectivity index (χ0n) is 11.8. The summed E-state index contributed by atoms with van der Waals surface area (Å²) >= 11 is 0. The summed E-state index contributed by atoms with van der Waals surface area (Å²) in [4.78, 5) is 2.86. The molecule has 2 N–H and O–H groups in total. The van der Waals surface area contributed by atoms with Gasteiger partial charge in [0.25, 0.3) is 0 Å². The van der Waals surface area contributed by atoms with Gasteiger partial charge < -0.3 is 5.73 Å². The monoisotopic (exact) mass is 250 g/mol. The van der Waals surface area contributed by atoms with Gasteiger partial charge in [-0.25, -0.2) is 0 Å². The van der Waals surface area contributed by atoms with E-state index in [4.69, 9.17) is 5.73 Å². The number of hydrogen-bond acceptors (Lipinski definition) is 2. The van der Waals surface area contributed by atoms with E-state index < -0.39 is 0 Å². The quantitative estimate of drug-likeness (QED) is 0.815. The van der Waals surface area contributed by atoms with E-state index in [-0.39, 0.29) is 0 Å². The minimum atomic E-state index is 0.496. The lowest BCUT2D eigenvalue weighted by atomic mass is 9.77. The first kappa shape index (κ1) is 12.9. The Morgan fingerprint density at radius 2 is 1.72 bits per heavy atom. The summed E-state index contributed by atoms with van der Waals surface area (Å²) in [5, 5.41) is 0. The molecule has 2 saturated carbocycles. The second kappa shape index (κ2) is 5.92. The van der Waals surface area contributed by atoms with Gasteiger partial charge in [0.15, 0.2) is 0 Å². The SMILES string of the molecule is NC1CCCC(CN2CCCC3CCCCC32)C1. The summed E-state index contributed by atoms with van der Waals surface area (Å²) in [6.07, 6.45) is 14.2. The van der Waals surface area contributed by atoms with Crippen molar-refractivity contribution in [1.82, 2.24) is 4.90 Å². The molecule has 3 rings (SSSR count). The fraction of sp³-hybridized carbons (Fsp3) is 1.00. The van der Waals surface area contributed by atoms with E-state index >= 15 is 0 Å². The van der Waals surface area contributed by atoms with Crippen LogP contribution in [0.15, 0.2) is 0 Å². The van der Waals surface area contributed by atoms with Crippen molar-refractivity contribution in [3.8, 4) is 0 Å². The number of nitrogens with two attached hydrogens (primary N) is 1. The predicted octanol–water partition coefficient (Wildman–Crippen LogP) is 3.16.